The van der Waals surface area contributed by atoms with Crippen LogP contribution in [0, 0.1) is 0 Å². The van der Waals surface area contributed by atoms with Gasteiger partial charge in [0.1, 0.15) is 0 Å². The van der Waals surface area contributed by atoms with Gasteiger partial charge in [0.25, 0.3) is 0 Å². The minimum atomic E-state index is -0.0714. The highest BCUT2D eigenvalue weighted by atomic mass is 15.2. The minimum absolute atomic E-state index is 0.0714. The first-order valence-electron chi connectivity index (χ1n) is 19.9. The van der Waals surface area contributed by atoms with Crippen LogP contribution in [0.5, 0.6) is 0 Å². The molecular formula is C54H38N4. The average Bonchev–Trinajstić information content (AvgIpc) is 3.75. The van der Waals surface area contributed by atoms with Gasteiger partial charge in [-0.15, -0.1) is 0 Å². The van der Waals surface area contributed by atoms with Crippen molar-refractivity contribution in [2.45, 2.75) is 19.3 Å². The Morgan fingerprint density at radius 1 is 0.362 bits per heavy atom. The second kappa shape index (κ2) is 13.4. The molecule has 4 nitrogen and oxygen atoms in total. The third-order valence-electron chi connectivity index (χ3n) is 11.9. The fourth-order valence-corrected chi connectivity index (χ4v) is 8.96. The van der Waals surface area contributed by atoms with Gasteiger partial charge < -0.3 is 0 Å². The van der Waals surface area contributed by atoms with E-state index >= 15 is 0 Å². The molecule has 0 fully saturated rings. The summed E-state index contributed by atoms with van der Waals surface area (Å²) >= 11 is 0. The maximum atomic E-state index is 5.28. The molecule has 0 aliphatic heterocycles. The van der Waals surface area contributed by atoms with Gasteiger partial charge in [0.05, 0.1) is 11.0 Å². The molecule has 58 heavy (non-hydrogen) atoms. The number of hydrogen-bond donors (Lipinski definition) is 0. The molecule has 0 bridgehead atoms. The number of para-hydroxylation sites is 2. The van der Waals surface area contributed by atoms with Crippen molar-refractivity contribution >= 4 is 21.8 Å². The predicted octanol–water partition coefficient (Wildman–Crippen LogP) is 13.6. The van der Waals surface area contributed by atoms with E-state index in [1.165, 1.54) is 38.9 Å². The molecule has 8 aromatic carbocycles. The van der Waals surface area contributed by atoms with Crippen molar-refractivity contribution in [1.82, 2.24) is 19.5 Å². The summed E-state index contributed by atoms with van der Waals surface area (Å²) in [4.78, 5) is 15.6. The van der Waals surface area contributed by atoms with Gasteiger partial charge in [0.2, 0.25) is 5.95 Å². The summed E-state index contributed by atoms with van der Waals surface area (Å²) in [6, 6.07) is 69.0. The van der Waals surface area contributed by atoms with Crippen LogP contribution in [-0.2, 0) is 5.41 Å². The zero-order valence-electron chi connectivity index (χ0n) is 32.3. The van der Waals surface area contributed by atoms with Crippen molar-refractivity contribution in [2.24, 2.45) is 0 Å². The number of nitrogens with zero attached hydrogens (tertiary/aromatic N) is 4. The summed E-state index contributed by atoms with van der Waals surface area (Å²) in [6.45, 7) is 4.68. The van der Waals surface area contributed by atoms with Crippen LogP contribution >= 0.6 is 0 Å². The first-order chi connectivity index (χ1) is 28.5. The number of aromatic nitrogens is 4. The van der Waals surface area contributed by atoms with Crippen LogP contribution in [0.2, 0.25) is 0 Å². The molecule has 0 unspecified atom stereocenters. The van der Waals surface area contributed by atoms with E-state index in [4.69, 9.17) is 15.0 Å². The Bertz CT molecular complexity index is 3180. The lowest BCUT2D eigenvalue weighted by atomic mass is 9.81. The van der Waals surface area contributed by atoms with Gasteiger partial charge in [-0.3, -0.25) is 4.57 Å². The van der Waals surface area contributed by atoms with Crippen LogP contribution in [0.25, 0.3) is 95.0 Å². The Hall–Kier alpha value is -7.43. The van der Waals surface area contributed by atoms with Crippen molar-refractivity contribution < 1.29 is 0 Å². The molecule has 0 saturated heterocycles. The summed E-state index contributed by atoms with van der Waals surface area (Å²) in [5.74, 6) is 1.82. The van der Waals surface area contributed by atoms with Gasteiger partial charge in [-0.1, -0.05) is 190 Å². The SMILES string of the molecule is CC1(C)c2ccccc2-c2ccc(-c3cccc(-c4cccc5c6ccccc6n(-c6nc(-c7ccccc7)nc(-c7ccc(-c8ccccc8)cc7)n6)c45)c3)cc21. The van der Waals surface area contributed by atoms with Crippen molar-refractivity contribution in [3.8, 4) is 73.2 Å². The quantitative estimate of drug-likeness (QED) is 0.170. The van der Waals surface area contributed by atoms with Crippen LogP contribution in [-0.4, -0.2) is 19.5 Å². The normalized spacial score (nSPS) is 12.8. The minimum Gasteiger partial charge on any atom is -0.277 e. The first kappa shape index (κ1) is 33.9. The standard InChI is InChI=1S/C54H38N4/c1-54(2)47-25-11-9-21-43(47)44-32-31-40(34-48(44)54)39-19-13-20-41(33-39)42-23-14-24-46-45-22-10-12-26-49(45)58(50(42)46)53-56-51(37-17-7-4-8-18-37)55-52(57-53)38-29-27-36(28-30-38)35-15-5-3-6-16-35/h3-34H,1-2H3. The van der Waals surface area contributed by atoms with Crippen molar-refractivity contribution in [3.05, 3.63) is 205 Å². The lowest BCUT2D eigenvalue weighted by molar-refractivity contribution is 0.660. The Morgan fingerprint density at radius 3 is 1.67 bits per heavy atom. The maximum absolute atomic E-state index is 5.28. The van der Waals surface area contributed by atoms with E-state index in [-0.39, 0.29) is 5.41 Å². The lowest BCUT2D eigenvalue weighted by Gasteiger charge is -2.22. The Labute approximate surface area is 337 Å². The topological polar surface area (TPSA) is 43.6 Å². The fraction of sp³-hybridized carbons (Fsp3) is 0.0556. The number of rotatable bonds is 6. The largest absolute Gasteiger partial charge is 0.277 e. The van der Waals surface area contributed by atoms with Crippen LogP contribution in [0.15, 0.2) is 194 Å². The van der Waals surface area contributed by atoms with E-state index in [2.05, 4.69) is 188 Å². The molecule has 0 atom stereocenters. The van der Waals surface area contributed by atoms with E-state index in [1.54, 1.807) is 0 Å². The molecule has 1 aliphatic carbocycles. The highest BCUT2D eigenvalue weighted by Crippen LogP contribution is 2.49. The van der Waals surface area contributed by atoms with Gasteiger partial charge >= 0.3 is 0 Å². The second-order valence-electron chi connectivity index (χ2n) is 15.7. The molecule has 4 heteroatoms. The van der Waals surface area contributed by atoms with Gasteiger partial charge in [0, 0.05) is 32.9 Å². The fourth-order valence-electron chi connectivity index (χ4n) is 8.96. The Morgan fingerprint density at radius 2 is 0.879 bits per heavy atom. The smallest absolute Gasteiger partial charge is 0.238 e. The van der Waals surface area contributed by atoms with Gasteiger partial charge in [-0.2, -0.15) is 9.97 Å². The summed E-state index contributed by atoms with van der Waals surface area (Å²) in [5, 5.41) is 2.29. The zero-order valence-corrected chi connectivity index (χ0v) is 32.3. The number of benzene rings is 8. The summed E-state index contributed by atoms with van der Waals surface area (Å²) in [7, 11) is 0. The van der Waals surface area contributed by atoms with Gasteiger partial charge in [0.15, 0.2) is 11.6 Å². The molecule has 10 aromatic rings. The second-order valence-corrected chi connectivity index (χ2v) is 15.7. The zero-order chi connectivity index (χ0) is 38.8. The molecule has 274 valence electrons. The van der Waals surface area contributed by atoms with Gasteiger partial charge in [-0.25, -0.2) is 4.98 Å². The summed E-state index contributed by atoms with van der Waals surface area (Å²) < 4.78 is 2.23. The highest BCUT2D eigenvalue weighted by molar-refractivity contribution is 6.13. The van der Waals surface area contributed by atoms with Gasteiger partial charge in [-0.05, 0) is 68.3 Å². The summed E-state index contributed by atoms with van der Waals surface area (Å²) in [5.41, 5.74) is 16.2. The maximum Gasteiger partial charge on any atom is 0.238 e. The molecular weight excluding hydrogens is 705 g/mol. The Kier molecular flexibility index (Phi) is 7.80. The third kappa shape index (κ3) is 5.48. The van der Waals surface area contributed by atoms with Crippen molar-refractivity contribution in [1.29, 1.82) is 0 Å². The molecule has 1 aliphatic rings. The van der Waals surface area contributed by atoms with Crippen LogP contribution in [0.4, 0.5) is 0 Å². The molecule has 11 rings (SSSR count). The molecule has 0 saturated carbocycles. The third-order valence-corrected chi connectivity index (χ3v) is 11.9. The van der Waals surface area contributed by atoms with E-state index < -0.39 is 0 Å². The lowest BCUT2D eigenvalue weighted by Crippen LogP contribution is -2.14. The summed E-state index contributed by atoms with van der Waals surface area (Å²) in [6.07, 6.45) is 0. The Balaban J connectivity index is 1.09. The van der Waals surface area contributed by atoms with E-state index in [1.807, 2.05) is 24.3 Å². The number of fused-ring (bicyclic) bond motifs is 6. The van der Waals surface area contributed by atoms with Crippen LogP contribution in [0.1, 0.15) is 25.0 Å². The first-order valence-corrected chi connectivity index (χ1v) is 19.9. The van der Waals surface area contributed by atoms with Crippen molar-refractivity contribution in [2.75, 3.05) is 0 Å². The molecule has 2 heterocycles. The molecule has 0 spiro atoms. The van der Waals surface area contributed by atoms with E-state index in [0.717, 1.165) is 49.6 Å². The van der Waals surface area contributed by atoms with E-state index in [9.17, 15) is 0 Å². The van der Waals surface area contributed by atoms with Crippen molar-refractivity contribution in [3.63, 3.8) is 0 Å². The number of hydrogen-bond acceptors (Lipinski definition) is 3. The predicted molar refractivity (Wildman–Crippen MR) is 239 cm³/mol. The monoisotopic (exact) mass is 742 g/mol. The highest BCUT2D eigenvalue weighted by Gasteiger charge is 2.35. The van der Waals surface area contributed by atoms with Crippen LogP contribution in [0.3, 0.4) is 0 Å². The van der Waals surface area contributed by atoms with E-state index in [0.29, 0.717) is 17.6 Å². The molecule has 2 aromatic heterocycles. The molecule has 0 radical (unpaired) electrons. The average molecular weight is 743 g/mol. The molecule has 0 N–H and O–H groups in total. The molecule has 0 amide bonds. The van der Waals surface area contributed by atoms with Crippen LogP contribution < -0.4 is 0 Å².